The Labute approximate surface area is 342 Å². The molecule has 2 rings (SSSR count). The zero-order valence-electron chi connectivity index (χ0n) is 35.3. The van der Waals surface area contributed by atoms with Gasteiger partial charge in [-0.25, -0.2) is 9.36 Å². The fourth-order valence-corrected chi connectivity index (χ4v) is 7.77. The van der Waals surface area contributed by atoms with Gasteiger partial charge in [0, 0.05) is 19.2 Å². The van der Waals surface area contributed by atoms with E-state index in [1.165, 1.54) is 128 Å². The molecular formula is C42H78N3O11P. The second-order valence-corrected chi connectivity index (χ2v) is 17.2. The topological polar surface area (TPSA) is 202 Å². The fraction of sp³-hybridized carbons (Fsp3) is 0.881. The van der Waals surface area contributed by atoms with E-state index in [2.05, 4.69) is 18.8 Å². The van der Waals surface area contributed by atoms with E-state index in [1.54, 1.807) is 0 Å². The summed E-state index contributed by atoms with van der Waals surface area (Å²) in [7, 11) is -4.74. The van der Waals surface area contributed by atoms with E-state index < -0.39 is 63.3 Å². The van der Waals surface area contributed by atoms with Crippen molar-refractivity contribution >= 4 is 19.6 Å². The normalized spacial score (nSPS) is 19.8. The molecule has 14 nitrogen and oxygen atoms in total. The Kier molecular flexibility index (Phi) is 28.7. The zero-order valence-corrected chi connectivity index (χ0v) is 36.2. The summed E-state index contributed by atoms with van der Waals surface area (Å²) in [5.74, 6) is -0.454. The van der Waals surface area contributed by atoms with Gasteiger partial charge in [0.2, 0.25) is 0 Å². The number of unbranched alkanes of at least 4 members (excludes halogenated alkanes) is 23. The smallest absolute Gasteiger partial charge is 0.457 e. The molecule has 15 heteroatoms. The van der Waals surface area contributed by atoms with E-state index in [0.717, 1.165) is 43.1 Å². The molecule has 0 saturated carbocycles. The van der Waals surface area contributed by atoms with Crippen molar-refractivity contribution in [1.29, 1.82) is 0 Å². The van der Waals surface area contributed by atoms with Crippen molar-refractivity contribution in [3.05, 3.63) is 22.7 Å². The first kappa shape index (κ1) is 51.2. The van der Waals surface area contributed by atoms with Gasteiger partial charge >= 0.3 is 19.5 Å². The van der Waals surface area contributed by atoms with Crippen LogP contribution in [0.2, 0.25) is 0 Å². The van der Waals surface area contributed by atoms with Crippen LogP contribution in [0, 0.1) is 0 Å². The Hall–Kier alpha value is -1.90. The van der Waals surface area contributed by atoms with E-state index in [-0.39, 0.29) is 18.8 Å². The first-order valence-electron chi connectivity index (χ1n) is 22.3. The largest absolute Gasteiger partial charge is 0.472 e. The third-order valence-corrected chi connectivity index (χ3v) is 11.5. The van der Waals surface area contributed by atoms with Gasteiger partial charge in [-0.05, 0) is 18.9 Å². The van der Waals surface area contributed by atoms with Crippen LogP contribution in [0.4, 0.5) is 5.82 Å². The summed E-state index contributed by atoms with van der Waals surface area (Å²) in [6.45, 7) is 3.84. The van der Waals surface area contributed by atoms with E-state index in [0.29, 0.717) is 13.0 Å². The molecule has 1 aliphatic rings. The first-order chi connectivity index (χ1) is 27.6. The second kappa shape index (κ2) is 31.9. The molecule has 1 fully saturated rings. The maximum atomic E-state index is 12.9. The number of aromatic nitrogens is 2. The third-order valence-electron chi connectivity index (χ3n) is 10.5. The molecule has 1 aromatic heterocycles. The lowest BCUT2D eigenvalue weighted by Crippen LogP contribution is -2.36. The average molecular weight is 832 g/mol. The third kappa shape index (κ3) is 24.1. The van der Waals surface area contributed by atoms with Gasteiger partial charge in [0.1, 0.15) is 30.2 Å². The minimum atomic E-state index is -4.74. The van der Waals surface area contributed by atoms with Gasteiger partial charge in [0.05, 0.1) is 19.8 Å². The van der Waals surface area contributed by atoms with Crippen LogP contribution in [0.15, 0.2) is 17.1 Å². The number of ether oxygens (including phenoxy) is 3. The maximum absolute atomic E-state index is 12.9. The van der Waals surface area contributed by atoms with Crippen molar-refractivity contribution in [2.24, 2.45) is 0 Å². The molecule has 57 heavy (non-hydrogen) atoms. The number of rotatable bonds is 37. The highest BCUT2D eigenvalue weighted by Gasteiger charge is 2.45. The molecule has 2 unspecified atom stereocenters. The molecule has 1 aromatic rings. The van der Waals surface area contributed by atoms with Crippen molar-refractivity contribution < 1.29 is 47.7 Å². The monoisotopic (exact) mass is 832 g/mol. The Morgan fingerprint density at radius 2 is 1.26 bits per heavy atom. The molecule has 0 amide bonds. The lowest BCUT2D eigenvalue weighted by Gasteiger charge is -2.21. The number of phosphoric ester groups is 1. The molecule has 5 N–H and O–H groups in total. The molecule has 332 valence electrons. The number of aliphatic hydroxyl groups excluding tert-OH is 2. The number of nitrogens with two attached hydrogens (primary N) is 1. The van der Waals surface area contributed by atoms with Crippen LogP contribution < -0.4 is 11.4 Å². The zero-order chi connectivity index (χ0) is 41.6. The maximum Gasteiger partial charge on any atom is 0.472 e. The van der Waals surface area contributed by atoms with Gasteiger partial charge < -0.3 is 35.1 Å². The second-order valence-electron chi connectivity index (χ2n) is 15.7. The Bertz CT molecular complexity index is 1270. The quantitative estimate of drug-likeness (QED) is 0.0282. The molecule has 6 atom stereocenters. The average Bonchev–Trinajstić information content (AvgIpc) is 3.46. The molecule has 2 heterocycles. The summed E-state index contributed by atoms with van der Waals surface area (Å²) in [4.78, 5) is 39.1. The molecule has 0 spiro atoms. The number of esters is 1. The van der Waals surface area contributed by atoms with Crippen molar-refractivity contribution in [2.45, 2.75) is 211 Å². The van der Waals surface area contributed by atoms with E-state index >= 15 is 0 Å². The van der Waals surface area contributed by atoms with E-state index in [1.807, 2.05) is 0 Å². The van der Waals surface area contributed by atoms with E-state index in [9.17, 15) is 29.3 Å². The van der Waals surface area contributed by atoms with Gasteiger partial charge in [-0.1, -0.05) is 162 Å². The predicted molar refractivity (Wildman–Crippen MR) is 223 cm³/mol. The number of carbonyl (C=O) groups is 1. The molecular weight excluding hydrogens is 753 g/mol. The Morgan fingerprint density at radius 3 is 1.77 bits per heavy atom. The minimum absolute atomic E-state index is 0.00885. The molecule has 0 bridgehead atoms. The highest BCUT2D eigenvalue weighted by atomic mass is 31.2. The standard InChI is InChI=1S/C42H78N3O11P/c1-3-5-7-9-11-13-15-17-18-20-22-24-26-28-38(46)55-35(32-52-31-27-25-23-21-19-16-14-12-10-8-6-4-2)33-53-57(50,51)54-34-36-39(47)40(48)41(56-36)45-30-29-37(43)44-42(45)49/h29-30,35-36,39-41,47-48H,3-28,31-34H2,1-2H3,(H,50,51)(H2,43,44,49)/t35?,36-,39-,40+,41-/m1/s1. The summed E-state index contributed by atoms with van der Waals surface area (Å²) in [5.41, 5.74) is 4.72. The Balaban J connectivity index is 1.74. The van der Waals surface area contributed by atoms with Crippen LogP contribution in [0.5, 0.6) is 0 Å². The number of aliphatic hydroxyl groups is 2. The van der Waals surface area contributed by atoms with Gasteiger partial charge in [0.15, 0.2) is 6.23 Å². The lowest BCUT2D eigenvalue weighted by molar-refractivity contribution is -0.154. The van der Waals surface area contributed by atoms with Crippen LogP contribution in [0.1, 0.15) is 187 Å². The molecule has 0 radical (unpaired) electrons. The number of hydrogen-bond acceptors (Lipinski definition) is 12. The van der Waals surface area contributed by atoms with Gasteiger partial charge in [-0.3, -0.25) is 18.4 Å². The summed E-state index contributed by atoms with van der Waals surface area (Å²) in [6.07, 6.45) is 25.1. The van der Waals surface area contributed by atoms with Crippen LogP contribution in [0.3, 0.4) is 0 Å². The summed E-state index contributed by atoms with van der Waals surface area (Å²) in [6, 6.07) is 1.33. The highest BCUT2D eigenvalue weighted by molar-refractivity contribution is 7.47. The number of nitrogen functional groups attached to an aromatic ring is 1. The lowest BCUT2D eigenvalue weighted by atomic mass is 10.0. The number of carbonyl (C=O) groups excluding carboxylic acids is 1. The number of phosphoric acid groups is 1. The predicted octanol–water partition coefficient (Wildman–Crippen LogP) is 8.69. The summed E-state index contributed by atoms with van der Waals surface area (Å²) < 4.78 is 41.1. The van der Waals surface area contributed by atoms with Crippen LogP contribution in [-0.4, -0.2) is 81.5 Å². The van der Waals surface area contributed by atoms with Crippen LogP contribution in [-0.2, 0) is 32.6 Å². The van der Waals surface area contributed by atoms with Crippen LogP contribution >= 0.6 is 7.82 Å². The Morgan fingerprint density at radius 1 is 0.772 bits per heavy atom. The summed E-state index contributed by atoms with van der Waals surface area (Å²) in [5, 5.41) is 21.0. The highest BCUT2D eigenvalue weighted by Crippen LogP contribution is 2.44. The number of nitrogens with zero attached hydrogens (tertiary/aromatic N) is 2. The van der Waals surface area contributed by atoms with Crippen molar-refractivity contribution in [1.82, 2.24) is 9.55 Å². The number of hydrogen-bond donors (Lipinski definition) is 4. The van der Waals surface area contributed by atoms with Gasteiger partial charge in [-0.2, -0.15) is 4.98 Å². The SMILES string of the molecule is CCCCCCCCCCCCCCCC(=O)OC(COCCCCCCCCCCCCCC)COP(=O)(O)OC[C@H]1O[C@@H](n2ccc(N)nc2=O)[C@@H](O)[C@@H]1O. The van der Waals surface area contributed by atoms with E-state index in [4.69, 9.17) is 29.0 Å². The van der Waals surface area contributed by atoms with Crippen molar-refractivity contribution in [3.63, 3.8) is 0 Å². The van der Waals surface area contributed by atoms with Crippen LogP contribution in [0.25, 0.3) is 0 Å². The first-order valence-corrected chi connectivity index (χ1v) is 23.8. The van der Waals surface area contributed by atoms with Gasteiger partial charge in [-0.15, -0.1) is 0 Å². The molecule has 0 aliphatic carbocycles. The molecule has 1 saturated heterocycles. The summed E-state index contributed by atoms with van der Waals surface area (Å²) >= 11 is 0. The minimum Gasteiger partial charge on any atom is -0.457 e. The molecule has 1 aliphatic heterocycles. The fourth-order valence-electron chi connectivity index (χ4n) is 7.01. The number of anilines is 1. The van der Waals surface area contributed by atoms with Crippen molar-refractivity contribution in [3.8, 4) is 0 Å². The molecule has 0 aromatic carbocycles. The van der Waals surface area contributed by atoms with Crippen molar-refractivity contribution in [2.75, 3.05) is 32.2 Å². The van der Waals surface area contributed by atoms with Gasteiger partial charge in [0.25, 0.3) is 0 Å².